The van der Waals surface area contributed by atoms with Crippen LogP contribution in [-0.4, -0.2) is 36.6 Å². The van der Waals surface area contributed by atoms with Gasteiger partial charge in [0.2, 0.25) is 15.9 Å². The molecule has 0 N–H and O–H groups in total. The first kappa shape index (κ1) is 22.5. The molecule has 0 bridgehead atoms. The van der Waals surface area contributed by atoms with Crippen molar-refractivity contribution in [1.29, 1.82) is 0 Å². The lowest BCUT2D eigenvalue weighted by Crippen LogP contribution is -2.46. The molecule has 164 valence electrons. The number of nitrogens with zero attached hydrogens (tertiary/aromatic N) is 2. The van der Waals surface area contributed by atoms with Gasteiger partial charge in [0.1, 0.15) is 0 Å². The van der Waals surface area contributed by atoms with Gasteiger partial charge < -0.3 is 4.90 Å². The average molecular weight is 495 g/mol. The first-order valence-corrected chi connectivity index (χ1v) is 13.6. The van der Waals surface area contributed by atoms with E-state index in [-0.39, 0.29) is 23.3 Å². The van der Waals surface area contributed by atoms with Crippen LogP contribution in [0.2, 0.25) is 5.02 Å². The van der Waals surface area contributed by atoms with Crippen LogP contribution in [0.3, 0.4) is 0 Å². The monoisotopic (exact) mass is 494 g/mol. The molecule has 3 aromatic rings. The van der Waals surface area contributed by atoms with E-state index >= 15 is 0 Å². The Kier molecular flexibility index (Phi) is 7.13. The fraction of sp³-hybridized carbons (Fsp3) is 0.318. The summed E-state index contributed by atoms with van der Waals surface area (Å²) in [5, 5.41) is 4.50. The highest BCUT2D eigenvalue weighted by molar-refractivity contribution is 7.89. The fourth-order valence-corrected chi connectivity index (χ4v) is 6.86. The van der Waals surface area contributed by atoms with Gasteiger partial charge in [-0.2, -0.15) is 4.31 Å². The van der Waals surface area contributed by atoms with E-state index in [4.69, 9.17) is 11.6 Å². The van der Waals surface area contributed by atoms with Crippen molar-refractivity contribution in [2.45, 2.75) is 30.8 Å². The Balaban J connectivity index is 1.52. The number of amides is 1. The Morgan fingerprint density at radius 1 is 1.03 bits per heavy atom. The number of hydrogen-bond acceptors (Lipinski definition) is 5. The smallest absolute Gasteiger partial charge is 0.243 e. The average Bonchev–Trinajstić information content (AvgIpc) is 3.48. The van der Waals surface area contributed by atoms with Gasteiger partial charge in [-0.15, -0.1) is 22.7 Å². The molecule has 1 amide bonds. The quantitative estimate of drug-likeness (QED) is 0.459. The van der Waals surface area contributed by atoms with Crippen molar-refractivity contribution in [3.63, 3.8) is 0 Å². The van der Waals surface area contributed by atoms with E-state index < -0.39 is 10.0 Å². The molecular formula is C22H23ClN2O3S3. The van der Waals surface area contributed by atoms with E-state index in [1.165, 1.54) is 16.4 Å². The Bertz CT molecular complexity index is 1060. The summed E-state index contributed by atoms with van der Waals surface area (Å²) in [6.45, 7) is 1.70. The number of thiophene rings is 2. The Morgan fingerprint density at radius 2 is 1.65 bits per heavy atom. The lowest BCUT2D eigenvalue weighted by atomic mass is 9.98. The van der Waals surface area contributed by atoms with E-state index in [2.05, 4.69) is 0 Å². The highest BCUT2D eigenvalue weighted by Gasteiger charge is 2.35. The number of benzene rings is 1. The van der Waals surface area contributed by atoms with Crippen molar-refractivity contribution in [1.82, 2.24) is 9.21 Å². The number of rotatable bonds is 7. The lowest BCUT2D eigenvalue weighted by Gasteiger charge is -2.34. The highest BCUT2D eigenvalue weighted by atomic mass is 35.5. The lowest BCUT2D eigenvalue weighted by molar-refractivity contribution is -0.137. The van der Waals surface area contributed by atoms with Gasteiger partial charge in [-0.3, -0.25) is 4.79 Å². The van der Waals surface area contributed by atoms with E-state index in [0.29, 0.717) is 37.5 Å². The molecule has 3 heterocycles. The molecular weight excluding hydrogens is 472 g/mol. The second-order valence-electron chi connectivity index (χ2n) is 7.51. The molecule has 0 spiro atoms. The van der Waals surface area contributed by atoms with Crippen molar-refractivity contribution in [3.05, 3.63) is 74.1 Å². The molecule has 0 aliphatic carbocycles. The van der Waals surface area contributed by atoms with Gasteiger partial charge in [-0.05, 0) is 60.0 Å². The van der Waals surface area contributed by atoms with Crippen molar-refractivity contribution in [2.75, 3.05) is 13.1 Å². The van der Waals surface area contributed by atoms with E-state index in [9.17, 15) is 13.2 Å². The predicted molar refractivity (Wildman–Crippen MR) is 126 cm³/mol. The van der Waals surface area contributed by atoms with Crippen LogP contribution in [0.1, 0.15) is 22.6 Å². The number of sulfonamides is 1. The van der Waals surface area contributed by atoms with Crippen LogP contribution in [0.25, 0.3) is 0 Å². The number of piperidine rings is 1. The molecule has 5 nitrogen and oxygen atoms in total. The minimum atomic E-state index is -3.66. The van der Waals surface area contributed by atoms with Gasteiger partial charge in [0.05, 0.1) is 23.9 Å². The molecule has 4 rings (SSSR count). The zero-order chi connectivity index (χ0) is 21.8. The predicted octanol–water partition coefficient (Wildman–Crippen LogP) is 5.09. The van der Waals surface area contributed by atoms with Gasteiger partial charge in [-0.1, -0.05) is 23.7 Å². The van der Waals surface area contributed by atoms with Crippen LogP contribution in [0.4, 0.5) is 0 Å². The molecule has 31 heavy (non-hydrogen) atoms. The van der Waals surface area contributed by atoms with Crippen LogP contribution < -0.4 is 0 Å². The molecule has 0 radical (unpaired) electrons. The molecule has 1 saturated heterocycles. The number of carbonyl (C=O) groups is 1. The zero-order valence-electron chi connectivity index (χ0n) is 16.8. The van der Waals surface area contributed by atoms with Crippen LogP contribution in [0, 0.1) is 5.92 Å². The van der Waals surface area contributed by atoms with Gasteiger partial charge in [-0.25, -0.2) is 8.42 Å². The number of carbonyl (C=O) groups excluding carboxylic acids is 1. The zero-order valence-corrected chi connectivity index (χ0v) is 20.0. The second kappa shape index (κ2) is 9.83. The van der Waals surface area contributed by atoms with Crippen molar-refractivity contribution < 1.29 is 13.2 Å². The van der Waals surface area contributed by atoms with E-state index in [1.54, 1.807) is 34.8 Å². The fourth-order valence-electron chi connectivity index (χ4n) is 3.77. The Hall–Kier alpha value is -1.71. The summed E-state index contributed by atoms with van der Waals surface area (Å²) >= 11 is 9.15. The maximum atomic E-state index is 13.5. The Labute approximate surface area is 195 Å². The molecule has 9 heteroatoms. The molecule has 2 aromatic heterocycles. The topological polar surface area (TPSA) is 57.7 Å². The summed E-state index contributed by atoms with van der Waals surface area (Å²) in [4.78, 5) is 17.8. The maximum Gasteiger partial charge on any atom is 0.243 e. The molecule has 0 saturated carbocycles. The molecule has 1 aliphatic heterocycles. The molecule has 1 aliphatic rings. The van der Waals surface area contributed by atoms with Crippen molar-refractivity contribution >= 4 is 50.2 Å². The van der Waals surface area contributed by atoms with Gasteiger partial charge in [0.25, 0.3) is 0 Å². The van der Waals surface area contributed by atoms with Crippen molar-refractivity contribution in [3.8, 4) is 0 Å². The van der Waals surface area contributed by atoms with Crippen molar-refractivity contribution in [2.24, 2.45) is 5.92 Å². The van der Waals surface area contributed by atoms with E-state index in [0.717, 1.165) is 9.75 Å². The molecule has 1 unspecified atom stereocenters. The van der Waals surface area contributed by atoms with Crippen LogP contribution >= 0.6 is 34.3 Å². The summed E-state index contributed by atoms with van der Waals surface area (Å²) in [7, 11) is -3.66. The third-order valence-corrected chi connectivity index (χ3v) is 9.20. The number of halogens is 1. The minimum absolute atomic E-state index is 0.0119. The normalized spacial score (nSPS) is 17.5. The first-order valence-electron chi connectivity index (χ1n) is 10.0. The number of hydrogen-bond donors (Lipinski definition) is 0. The van der Waals surface area contributed by atoms with Gasteiger partial charge in [0.15, 0.2) is 0 Å². The van der Waals surface area contributed by atoms with Gasteiger partial charge >= 0.3 is 0 Å². The minimum Gasteiger partial charge on any atom is -0.332 e. The maximum absolute atomic E-state index is 13.5. The standard InChI is InChI=1S/C22H23ClN2O3S3/c23-18-7-9-21(10-8-18)31(27,28)25-11-1-4-17(14-25)22(26)24(15-19-5-2-12-29-19)16-20-6-3-13-30-20/h2-3,5-10,12-13,17H,1,4,11,14-16H2. The van der Waals surface area contributed by atoms with E-state index in [1.807, 2.05) is 39.9 Å². The first-order chi connectivity index (χ1) is 14.9. The third kappa shape index (κ3) is 5.38. The largest absolute Gasteiger partial charge is 0.332 e. The highest BCUT2D eigenvalue weighted by Crippen LogP contribution is 2.27. The molecule has 1 fully saturated rings. The summed E-state index contributed by atoms with van der Waals surface area (Å²) in [5.74, 6) is -0.339. The third-order valence-electron chi connectivity index (χ3n) is 5.35. The molecule has 1 aromatic carbocycles. The SMILES string of the molecule is O=C(C1CCCN(S(=O)(=O)c2ccc(Cl)cc2)C1)N(Cc1cccs1)Cc1cccs1. The summed E-state index contributed by atoms with van der Waals surface area (Å²) in [6.07, 6.45) is 1.35. The summed E-state index contributed by atoms with van der Waals surface area (Å²) in [5.41, 5.74) is 0. The van der Waals surface area contributed by atoms with Gasteiger partial charge in [0, 0.05) is 27.9 Å². The van der Waals surface area contributed by atoms with Crippen LogP contribution in [-0.2, 0) is 27.9 Å². The molecule has 1 atom stereocenters. The Morgan fingerprint density at radius 3 is 2.19 bits per heavy atom. The van der Waals surface area contributed by atoms with Crippen LogP contribution in [0.5, 0.6) is 0 Å². The summed E-state index contributed by atoms with van der Waals surface area (Å²) in [6, 6.07) is 14.2. The summed E-state index contributed by atoms with van der Waals surface area (Å²) < 4.78 is 27.7. The second-order valence-corrected chi connectivity index (χ2v) is 11.9. The van der Waals surface area contributed by atoms with Crippen LogP contribution in [0.15, 0.2) is 64.2 Å².